The summed E-state index contributed by atoms with van der Waals surface area (Å²) in [5, 5.41) is 0. The van der Waals surface area contributed by atoms with Crippen molar-refractivity contribution in [2.45, 2.75) is 58.0 Å². The minimum absolute atomic E-state index is 0.178. The zero-order chi connectivity index (χ0) is 14.9. The van der Waals surface area contributed by atoms with Crippen molar-refractivity contribution in [3.63, 3.8) is 0 Å². The zero-order valence-corrected chi connectivity index (χ0v) is 14.8. The third kappa shape index (κ3) is 10.3. The molecule has 3 nitrogen and oxygen atoms in total. The zero-order valence-electron chi connectivity index (χ0n) is 13.8. The van der Waals surface area contributed by atoms with Crippen molar-refractivity contribution >= 4 is 8.07 Å². The molecule has 0 aromatic carbocycles. The summed E-state index contributed by atoms with van der Waals surface area (Å²) < 4.78 is 16.0. The minimum Gasteiger partial charge on any atom is -0.382 e. The number of hydrogen-bond donors (Lipinski definition) is 0. The van der Waals surface area contributed by atoms with Gasteiger partial charge < -0.3 is 14.2 Å². The Morgan fingerprint density at radius 3 is 2.32 bits per heavy atom. The number of rotatable bonds is 10. The summed E-state index contributed by atoms with van der Waals surface area (Å²) in [7, 11) is 0.602. The van der Waals surface area contributed by atoms with Gasteiger partial charge in [-0.15, -0.1) is 0 Å². The van der Waals surface area contributed by atoms with E-state index in [9.17, 15) is 0 Å². The molecule has 0 saturated carbocycles. The average Bonchev–Trinajstić information content (AvgIpc) is 2.27. The van der Waals surface area contributed by atoms with Gasteiger partial charge in [0.2, 0.25) is 0 Å². The third-order valence-corrected chi connectivity index (χ3v) is 6.29. The molecule has 19 heavy (non-hydrogen) atoms. The van der Waals surface area contributed by atoms with Crippen molar-refractivity contribution in [3.05, 3.63) is 12.2 Å². The fourth-order valence-corrected chi connectivity index (χ4v) is 2.02. The van der Waals surface area contributed by atoms with Crippen LogP contribution in [0.15, 0.2) is 12.2 Å². The Balaban J connectivity index is 3.92. The molecule has 4 heteroatoms. The first-order chi connectivity index (χ1) is 8.69. The van der Waals surface area contributed by atoms with E-state index in [2.05, 4.69) is 52.6 Å². The second-order valence-electron chi connectivity index (χ2n) is 6.71. The summed E-state index contributed by atoms with van der Waals surface area (Å²) in [5.74, 6) is 0. The molecule has 0 fully saturated rings. The molecule has 0 amide bonds. The molecule has 0 spiro atoms. The molecule has 0 aromatic heterocycles. The van der Waals surface area contributed by atoms with E-state index < -0.39 is 8.07 Å². The van der Waals surface area contributed by atoms with Gasteiger partial charge >= 0.3 is 0 Å². The molecule has 0 aliphatic heterocycles. The highest BCUT2D eigenvalue weighted by Crippen LogP contribution is 2.23. The van der Waals surface area contributed by atoms with E-state index in [1.165, 1.54) is 0 Å². The van der Waals surface area contributed by atoms with Crippen LogP contribution in [0, 0.1) is 0 Å². The second kappa shape index (κ2) is 8.90. The van der Waals surface area contributed by atoms with E-state index in [1.807, 2.05) is 0 Å². The molecule has 1 atom stereocenters. The first-order valence-electron chi connectivity index (χ1n) is 7.06. The van der Waals surface area contributed by atoms with Gasteiger partial charge in [-0.3, -0.25) is 0 Å². The van der Waals surface area contributed by atoms with Gasteiger partial charge in [-0.2, -0.15) is 0 Å². The van der Waals surface area contributed by atoms with Crippen molar-refractivity contribution in [2.75, 3.05) is 27.1 Å². The predicted molar refractivity (Wildman–Crippen MR) is 84.4 cm³/mol. The van der Waals surface area contributed by atoms with Crippen LogP contribution in [-0.4, -0.2) is 40.8 Å². The molecule has 0 heterocycles. The summed E-state index contributed by atoms with van der Waals surface area (Å²) in [4.78, 5) is 0. The van der Waals surface area contributed by atoms with Crippen LogP contribution in [0.3, 0.4) is 0 Å². The molecule has 0 N–H and O–H groups in total. The van der Waals surface area contributed by atoms with E-state index >= 15 is 0 Å². The first-order valence-corrected chi connectivity index (χ1v) is 10.6. The normalized spacial score (nSPS) is 15.1. The van der Waals surface area contributed by atoms with Crippen LogP contribution < -0.4 is 0 Å². The van der Waals surface area contributed by atoms with Gasteiger partial charge in [-0.05, 0) is 25.8 Å². The summed E-state index contributed by atoms with van der Waals surface area (Å²) in [6.45, 7) is 15.2. The second-order valence-corrected chi connectivity index (χ2v) is 12.4. The quantitative estimate of drug-likeness (QED) is 0.262. The van der Waals surface area contributed by atoms with Crippen LogP contribution in [-0.2, 0) is 14.2 Å². The van der Waals surface area contributed by atoms with E-state index in [-0.39, 0.29) is 5.60 Å². The van der Waals surface area contributed by atoms with Gasteiger partial charge in [0.1, 0.15) is 6.79 Å². The minimum atomic E-state index is -1.06. The average molecular weight is 289 g/mol. The Bertz CT molecular complexity index is 257. The molecule has 0 bridgehead atoms. The molecule has 0 rings (SSSR count). The Hall–Kier alpha value is -0.163. The van der Waals surface area contributed by atoms with Crippen molar-refractivity contribution in [3.8, 4) is 0 Å². The topological polar surface area (TPSA) is 27.7 Å². The molecule has 0 aliphatic rings. The van der Waals surface area contributed by atoms with Gasteiger partial charge in [0.15, 0.2) is 0 Å². The van der Waals surface area contributed by atoms with Crippen LogP contribution in [0.4, 0.5) is 0 Å². The summed E-state index contributed by atoms with van der Waals surface area (Å²) in [5.41, 5.74) is 0.518. The molecular formula is C15H32O3Si. The lowest BCUT2D eigenvalue weighted by atomic mass is 10.1. The SMILES string of the molecule is COCCOCOC(C)(C)C/C=C\[C@@H](C)[Si](C)(C)C. The van der Waals surface area contributed by atoms with Crippen LogP contribution in [0.1, 0.15) is 27.2 Å². The van der Waals surface area contributed by atoms with Gasteiger partial charge in [-0.25, -0.2) is 0 Å². The molecule has 0 aromatic rings. The van der Waals surface area contributed by atoms with Crippen molar-refractivity contribution in [1.82, 2.24) is 0 Å². The lowest BCUT2D eigenvalue weighted by Gasteiger charge is -2.25. The van der Waals surface area contributed by atoms with Crippen LogP contribution in [0.5, 0.6) is 0 Å². The monoisotopic (exact) mass is 288 g/mol. The predicted octanol–water partition coefficient (Wildman–Crippen LogP) is 4.08. The molecule has 0 saturated heterocycles. The molecule has 114 valence electrons. The summed E-state index contributed by atoms with van der Waals surface area (Å²) in [6.07, 6.45) is 5.50. The summed E-state index contributed by atoms with van der Waals surface area (Å²) in [6, 6.07) is 0. The highest BCUT2D eigenvalue weighted by atomic mass is 28.3. The first kappa shape index (κ1) is 18.8. The number of ether oxygens (including phenoxy) is 3. The van der Waals surface area contributed by atoms with Crippen LogP contribution in [0.2, 0.25) is 25.2 Å². The Labute approximate surface area is 120 Å². The van der Waals surface area contributed by atoms with Crippen LogP contribution in [0.25, 0.3) is 0 Å². The van der Waals surface area contributed by atoms with Crippen molar-refractivity contribution in [1.29, 1.82) is 0 Å². The number of methoxy groups -OCH3 is 1. The van der Waals surface area contributed by atoms with E-state index in [1.54, 1.807) is 7.11 Å². The fraction of sp³-hybridized carbons (Fsp3) is 0.867. The maximum Gasteiger partial charge on any atom is 0.147 e. The van der Waals surface area contributed by atoms with E-state index in [4.69, 9.17) is 14.2 Å². The Morgan fingerprint density at radius 2 is 1.79 bits per heavy atom. The fourth-order valence-electron chi connectivity index (χ4n) is 1.31. The maximum absolute atomic E-state index is 5.73. The van der Waals surface area contributed by atoms with Gasteiger partial charge in [0, 0.05) is 7.11 Å². The van der Waals surface area contributed by atoms with Gasteiger partial charge in [-0.1, -0.05) is 38.7 Å². The largest absolute Gasteiger partial charge is 0.382 e. The maximum atomic E-state index is 5.73. The highest BCUT2D eigenvalue weighted by molar-refractivity contribution is 6.77. The third-order valence-electron chi connectivity index (χ3n) is 3.37. The number of allylic oxidation sites excluding steroid dienone is 1. The Kier molecular flexibility index (Phi) is 8.82. The smallest absolute Gasteiger partial charge is 0.147 e. The van der Waals surface area contributed by atoms with Crippen LogP contribution >= 0.6 is 0 Å². The van der Waals surface area contributed by atoms with Crippen molar-refractivity contribution < 1.29 is 14.2 Å². The summed E-state index contributed by atoms with van der Waals surface area (Å²) >= 11 is 0. The van der Waals surface area contributed by atoms with Crippen molar-refractivity contribution in [2.24, 2.45) is 0 Å². The highest BCUT2D eigenvalue weighted by Gasteiger charge is 2.20. The lowest BCUT2D eigenvalue weighted by Crippen LogP contribution is -2.26. The van der Waals surface area contributed by atoms with Gasteiger partial charge in [0.25, 0.3) is 0 Å². The van der Waals surface area contributed by atoms with E-state index in [0.717, 1.165) is 6.42 Å². The molecule has 0 aliphatic carbocycles. The lowest BCUT2D eigenvalue weighted by molar-refractivity contribution is -0.131. The molecule has 0 unspecified atom stereocenters. The molecular weight excluding hydrogens is 256 g/mol. The van der Waals surface area contributed by atoms with Gasteiger partial charge in [0.05, 0.1) is 26.9 Å². The van der Waals surface area contributed by atoms with E-state index in [0.29, 0.717) is 25.5 Å². The Morgan fingerprint density at radius 1 is 1.16 bits per heavy atom. The standard InChI is InChI=1S/C15H32O3Si/c1-14(19(5,6)7)9-8-10-15(2,3)18-13-17-12-11-16-4/h8-9,14H,10-13H2,1-7H3/b9-8-/t14-/m1/s1. The molecule has 0 radical (unpaired) electrons. The number of hydrogen-bond acceptors (Lipinski definition) is 3.